The Morgan fingerprint density at radius 2 is 1.51 bits per heavy atom. The van der Waals surface area contributed by atoms with Crippen LogP contribution in [0.2, 0.25) is 0 Å². The summed E-state index contributed by atoms with van der Waals surface area (Å²) in [6.07, 6.45) is -1.23. The number of sulfone groups is 1. The molecule has 1 aromatic heterocycles. The largest absolute Gasteiger partial charge is 0.505 e. The average Bonchev–Trinajstić information content (AvgIpc) is 3.24. The van der Waals surface area contributed by atoms with E-state index in [1.54, 1.807) is 12.1 Å². The number of nitrogens with one attached hydrogen (secondary N) is 3. The van der Waals surface area contributed by atoms with Gasteiger partial charge in [0.2, 0.25) is 11.9 Å². The van der Waals surface area contributed by atoms with Crippen molar-refractivity contribution in [1.29, 1.82) is 0 Å². The highest BCUT2D eigenvalue weighted by atomic mass is 32.2. The maximum Gasteiger partial charge on any atom is 0.315 e. The summed E-state index contributed by atoms with van der Waals surface area (Å²) < 4.78 is 90.3. The molecule has 0 saturated carbocycles. The summed E-state index contributed by atoms with van der Waals surface area (Å²) in [5, 5.41) is 51.2. The van der Waals surface area contributed by atoms with E-state index in [2.05, 4.69) is 59.9 Å². The highest BCUT2D eigenvalue weighted by Gasteiger charge is 2.26. The van der Waals surface area contributed by atoms with E-state index in [0.717, 1.165) is 17.8 Å². The van der Waals surface area contributed by atoms with Crippen LogP contribution in [-0.4, -0.2) is 91.4 Å². The maximum absolute atomic E-state index is 14.7. The van der Waals surface area contributed by atoms with Gasteiger partial charge in [-0.1, -0.05) is 16.1 Å². The number of anilines is 5. The van der Waals surface area contributed by atoms with E-state index in [-0.39, 0.29) is 85.8 Å². The Morgan fingerprint density at radius 3 is 2.17 bits per heavy atom. The lowest BCUT2D eigenvalue weighted by molar-refractivity contribution is -0.434. The first kappa shape index (κ1) is 48.5. The van der Waals surface area contributed by atoms with Crippen molar-refractivity contribution in [3.05, 3.63) is 103 Å². The summed E-state index contributed by atoms with van der Waals surface area (Å²) in [5.74, 6) is -2.43. The number of azo groups is 1. The number of aromatic nitrogens is 3. The normalized spacial score (nSPS) is 12.2. The summed E-state index contributed by atoms with van der Waals surface area (Å²) >= 11 is 0.502. The zero-order chi connectivity index (χ0) is 46.9. The molecule has 0 bridgehead atoms. The molecule has 1 heterocycles. The third kappa shape index (κ3) is 12.6. The Hall–Kier alpha value is -5.99. The number of quaternary nitrogens is 1. The zero-order valence-electron chi connectivity index (χ0n) is 33.6. The number of hydrogen-bond acceptors (Lipinski definition) is 22. The van der Waals surface area contributed by atoms with Crippen molar-refractivity contribution in [3.63, 3.8) is 0 Å². The number of nitrogens with zero attached hydrogens (tertiary/aromatic N) is 6. The summed E-state index contributed by atoms with van der Waals surface area (Å²) in [7, 11) is -3.05. The van der Waals surface area contributed by atoms with Crippen LogP contribution in [0.25, 0.3) is 10.8 Å². The van der Waals surface area contributed by atoms with Crippen LogP contribution in [0, 0.1) is 6.08 Å². The van der Waals surface area contributed by atoms with Gasteiger partial charge in [0, 0.05) is 39.8 Å². The van der Waals surface area contributed by atoms with E-state index < -0.39 is 54.3 Å². The van der Waals surface area contributed by atoms with Gasteiger partial charge >= 0.3 is 6.08 Å². The van der Waals surface area contributed by atoms with E-state index in [1.165, 1.54) is 54.6 Å². The van der Waals surface area contributed by atoms with E-state index in [0.29, 0.717) is 10.2 Å². The molecule has 0 fully saturated rings. The number of phenolic OH excluding ortho intramolecular Hbond substituents is 1. The van der Waals surface area contributed by atoms with Crippen LogP contribution in [0.3, 0.4) is 0 Å². The Labute approximate surface area is 376 Å². The lowest BCUT2D eigenvalue weighted by Gasteiger charge is -2.23. The molecule has 6 rings (SSSR count). The molecule has 5 aromatic carbocycles. The van der Waals surface area contributed by atoms with Gasteiger partial charge in [0.05, 0.1) is 66.7 Å². The number of hydrogen-bond donors (Lipinski definition) is 7. The fourth-order valence-electron chi connectivity index (χ4n) is 5.77. The van der Waals surface area contributed by atoms with Crippen molar-refractivity contribution in [3.8, 4) is 5.75 Å². The zero-order valence-corrected chi connectivity index (χ0v) is 36.9. The highest BCUT2D eigenvalue weighted by molar-refractivity contribution is 7.94. The van der Waals surface area contributed by atoms with Gasteiger partial charge in [-0.3, -0.25) is 18.0 Å². The van der Waals surface area contributed by atoms with E-state index >= 15 is 0 Å². The molecule has 65 heavy (non-hydrogen) atoms. The number of amides is 1. The molecular formula is C37H35FN9O14S4+. The average molecular weight is 977 g/mol. The van der Waals surface area contributed by atoms with Gasteiger partial charge in [-0.2, -0.15) is 32.9 Å². The molecule has 0 unspecified atom stereocenters. The number of carbonyl (C=O) groups is 1. The van der Waals surface area contributed by atoms with Crippen LogP contribution in [0.4, 0.5) is 50.4 Å². The van der Waals surface area contributed by atoms with Crippen LogP contribution in [0.1, 0.15) is 10.4 Å². The van der Waals surface area contributed by atoms with Gasteiger partial charge in [-0.15, -0.1) is 13.8 Å². The van der Waals surface area contributed by atoms with Crippen molar-refractivity contribution in [2.75, 3.05) is 49.5 Å². The van der Waals surface area contributed by atoms with Gasteiger partial charge in [0.1, 0.15) is 16.3 Å². The summed E-state index contributed by atoms with van der Waals surface area (Å²) in [5.41, 5.74) is 1.26. The third-order valence-electron chi connectivity index (χ3n) is 8.74. The van der Waals surface area contributed by atoms with Crippen molar-refractivity contribution in [1.82, 2.24) is 19.4 Å². The first-order chi connectivity index (χ1) is 30.9. The molecule has 7 N–H and O–H groups in total. The lowest BCUT2D eigenvalue weighted by atomic mass is 10.1. The molecule has 0 saturated heterocycles. The Bertz CT molecular complexity index is 2950. The first-order valence-electron chi connectivity index (χ1n) is 18.1. The molecule has 0 aliphatic heterocycles. The number of phenols is 1. The molecule has 0 aliphatic rings. The van der Waals surface area contributed by atoms with Crippen LogP contribution >= 0.6 is 24.4 Å². The highest BCUT2D eigenvalue weighted by Crippen LogP contribution is 2.47. The molecule has 0 spiro atoms. The van der Waals surface area contributed by atoms with Crippen molar-refractivity contribution in [2.24, 2.45) is 10.2 Å². The first-order valence-corrected chi connectivity index (χ1v) is 22.6. The molecule has 28 heteroatoms. The topological polar surface area (TPSA) is 312 Å². The lowest BCUT2D eigenvalue weighted by Crippen LogP contribution is -2.34. The molecule has 0 aliphatic carbocycles. The number of carbonyl (C=O) groups excluding carboxylic acids is 1. The van der Waals surface area contributed by atoms with Crippen LogP contribution in [0.15, 0.2) is 116 Å². The van der Waals surface area contributed by atoms with Crippen LogP contribution in [-0.2, 0) is 42.9 Å². The molecular weight excluding hydrogens is 942 g/mol. The quantitative estimate of drug-likeness (QED) is 0.00734. The Kier molecular flexibility index (Phi) is 15.6. The number of aromatic hydroxyl groups is 1. The monoisotopic (exact) mass is 976 g/mol. The van der Waals surface area contributed by atoms with Crippen molar-refractivity contribution in [2.45, 2.75) is 14.7 Å². The minimum Gasteiger partial charge on any atom is -0.505 e. The van der Waals surface area contributed by atoms with E-state index in [4.69, 9.17) is 14.7 Å². The molecule has 1 amide bonds. The van der Waals surface area contributed by atoms with Gasteiger partial charge < -0.3 is 21.1 Å². The summed E-state index contributed by atoms with van der Waals surface area (Å²) in [4.78, 5) is 23.3. The Morgan fingerprint density at radius 1 is 0.815 bits per heavy atom. The fraction of sp³-hybridized carbons (Fsp3) is 0.135. The second-order valence-corrected chi connectivity index (χ2v) is 18.7. The minimum absolute atomic E-state index is 0.104. The summed E-state index contributed by atoms with van der Waals surface area (Å²) in [6, 6.07) is 21.7. The molecule has 23 nitrogen and oxygen atoms in total. The standard InChI is InChI=1S/C37H34FN9O14S4/c1-47(2,3)25-13-11-22(12-14-25)40-36-42-35(38)43-37(44-36)41-29-16-15-27-28(33(29)65(54,55)56)20-30(62-60-58-50)31(32(27)48)46-45-23-9-7-21(8-10-23)34(49)39-24-5-4-6-26(19-24)64(52,53)18-17-57-63-61-59-51/h4-16,19-20H,17-18H2,1-3H3,(H6-,39,40,41,42,43,44,45,48,49,50,51,54,55,56)/p+1. The predicted molar refractivity (Wildman–Crippen MR) is 234 cm³/mol. The van der Waals surface area contributed by atoms with Crippen LogP contribution in [0.5, 0.6) is 5.75 Å². The second-order valence-electron chi connectivity index (χ2n) is 14.0. The van der Waals surface area contributed by atoms with Gasteiger partial charge in [-0.05, 0) is 72.8 Å². The molecule has 6 aromatic rings. The Balaban J connectivity index is 1.23. The van der Waals surface area contributed by atoms with Gasteiger partial charge in [-0.25, -0.2) is 18.9 Å². The third-order valence-corrected chi connectivity index (χ3v) is 12.4. The van der Waals surface area contributed by atoms with Gasteiger partial charge in [0.25, 0.3) is 16.0 Å². The second kappa shape index (κ2) is 20.9. The SMILES string of the molecule is C[N+](C)(C)c1ccc(Nc2nc(F)nc(Nc3ccc4c(O)c(N=Nc5ccc(C(=O)Nc6cccc(S(=O)(=O)CCOSOOO)c6)cc5)c(SOOO)cc4c3S(=O)(=O)O)n2)cc1. The molecule has 0 atom stereocenters. The van der Waals surface area contributed by atoms with Crippen LogP contribution < -0.4 is 20.4 Å². The van der Waals surface area contributed by atoms with Crippen molar-refractivity contribution < 1.29 is 69.1 Å². The number of halogens is 1. The minimum atomic E-state index is -5.15. The number of benzene rings is 5. The predicted octanol–water partition coefficient (Wildman–Crippen LogP) is 7.67. The maximum atomic E-state index is 14.7. The van der Waals surface area contributed by atoms with Gasteiger partial charge in [0.15, 0.2) is 27.9 Å². The van der Waals surface area contributed by atoms with E-state index in [1.807, 2.05) is 33.3 Å². The molecule has 0 radical (unpaired) electrons. The molecule has 342 valence electrons. The number of fused-ring (bicyclic) bond motifs is 1. The fourth-order valence-corrected chi connectivity index (χ4v) is 8.55. The van der Waals surface area contributed by atoms with E-state index in [9.17, 15) is 35.7 Å². The van der Waals surface area contributed by atoms with Crippen molar-refractivity contribution >= 4 is 107 Å². The summed E-state index contributed by atoms with van der Waals surface area (Å²) in [6.45, 7) is -0.308. The number of rotatable bonds is 20. The smallest absolute Gasteiger partial charge is 0.315 e.